The summed E-state index contributed by atoms with van der Waals surface area (Å²) in [5, 5.41) is 0. The molecule has 2 aromatic carbocycles. The molecule has 0 aliphatic rings. The van der Waals surface area contributed by atoms with Crippen LogP contribution in [0.1, 0.15) is 23.6 Å². The van der Waals surface area contributed by atoms with Crippen LogP contribution in [0.4, 0.5) is 5.69 Å². The fourth-order valence-corrected chi connectivity index (χ4v) is 2.84. The first-order chi connectivity index (χ1) is 9.63. The summed E-state index contributed by atoms with van der Waals surface area (Å²) in [4.78, 5) is 2.37. The molecule has 2 nitrogen and oxygen atoms in total. The SMILES string of the molecule is CCN(Cc1ccccc1C)c1cc(Br)cc(CN)c1. The predicted molar refractivity (Wildman–Crippen MR) is 89.9 cm³/mol. The Hall–Kier alpha value is -1.32. The third-order valence-corrected chi connectivity index (χ3v) is 4.01. The second-order valence-electron chi connectivity index (χ2n) is 4.96. The van der Waals surface area contributed by atoms with Crippen molar-refractivity contribution in [3.8, 4) is 0 Å². The largest absolute Gasteiger partial charge is 0.367 e. The number of rotatable bonds is 5. The van der Waals surface area contributed by atoms with Crippen LogP contribution in [0.2, 0.25) is 0 Å². The Morgan fingerprint density at radius 3 is 2.55 bits per heavy atom. The van der Waals surface area contributed by atoms with Gasteiger partial charge in [0, 0.05) is 29.8 Å². The van der Waals surface area contributed by atoms with Crippen LogP contribution in [0.5, 0.6) is 0 Å². The van der Waals surface area contributed by atoms with Gasteiger partial charge in [-0.3, -0.25) is 0 Å². The van der Waals surface area contributed by atoms with Crippen LogP contribution in [0.15, 0.2) is 46.9 Å². The summed E-state index contributed by atoms with van der Waals surface area (Å²) in [7, 11) is 0. The first-order valence-electron chi connectivity index (χ1n) is 6.93. The summed E-state index contributed by atoms with van der Waals surface area (Å²) in [5.74, 6) is 0. The topological polar surface area (TPSA) is 29.3 Å². The van der Waals surface area contributed by atoms with Gasteiger partial charge in [-0.05, 0) is 48.7 Å². The number of hydrogen-bond acceptors (Lipinski definition) is 2. The summed E-state index contributed by atoms with van der Waals surface area (Å²) >= 11 is 3.57. The minimum absolute atomic E-state index is 0.564. The number of anilines is 1. The molecule has 0 saturated carbocycles. The highest BCUT2D eigenvalue weighted by Crippen LogP contribution is 2.24. The van der Waals surface area contributed by atoms with E-state index in [2.05, 4.69) is 77.1 Å². The molecule has 0 atom stereocenters. The molecule has 0 fully saturated rings. The zero-order valence-corrected chi connectivity index (χ0v) is 13.7. The van der Waals surface area contributed by atoms with Gasteiger partial charge in [-0.25, -0.2) is 0 Å². The zero-order chi connectivity index (χ0) is 14.5. The van der Waals surface area contributed by atoms with E-state index in [-0.39, 0.29) is 0 Å². The number of benzene rings is 2. The van der Waals surface area contributed by atoms with Gasteiger partial charge in [-0.15, -0.1) is 0 Å². The maximum Gasteiger partial charge on any atom is 0.0431 e. The van der Waals surface area contributed by atoms with E-state index < -0.39 is 0 Å². The second-order valence-corrected chi connectivity index (χ2v) is 5.88. The molecule has 0 spiro atoms. The Labute approximate surface area is 129 Å². The molecule has 2 aromatic rings. The van der Waals surface area contributed by atoms with Gasteiger partial charge in [-0.1, -0.05) is 40.2 Å². The zero-order valence-electron chi connectivity index (χ0n) is 12.1. The lowest BCUT2D eigenvalue weighted by molar-refractivity contribution is 0.825. The molecule has 0 saturated heterocycles. The van der Waals surface area contributed by atoms with Gasteiger partial charge in [-0.2, -0.15) is 0 Å². The standard InChI is InChI=1S/C17H21BrN2/c1-3-20(12-15-7-5-4-6-13(15)2)17-9-14(11-19)8-16(18)10-17/h4-10H,3,11-12,19H2,1-2H3. The van der Waals surface area contributed by atoms with E-state index in [4.69, 9.17) is 5.73 Å². The van der Waals surface area contributed by atoms with E-state index in [1.807, 2.05) is 0 Å². The molecule has 2 N–H and O–H groups in total. The number of hydrogen-bond donors (Lipinski definition) is 1. The molecular formula is C17H21BrN2. The van der Waals surface area contributed by atoms with Crippen molar-refractivity contribution in [2.45, 2.75) is 26.9 Å². The number of nitrogens with zero attached hydrogens (tertiary/aromatic N) is 1. The normalized spacial score (nSPS) is 10.6. The Morgan fingerprint density at radius 2 is 1.90 bits per heavy atom. The quantitative estimate of drug-likeness (QED) is 0.887. The van der Waals surface area contributed by atoms with E-state index in [1.54, 1.807) is 0 Å². The molecule has 0 unspecified atom stereocenters. The van der Waals surface area contributed by atoms with Crippen LogP contribution in [0, 0.1) is 6.92 Å². The van der Waals surface area contributed by atoms with Crippen molar-refractivity contribution < 1.29 is 0 Å². The number of nitrogens with two attached hydrogens (primary N) is 1. The van der Waals surface area contributed by atoms with E-state index in [0.29, 0.717) is 6.54 Å². The van der Waals surface area contributed by atoms with Gasteiger partial charge in [0.25, 0.3) is 0 Å². The third-order valence-electron chi connectivity index (χ3n) is 3.55. The molecule has 0 heterocycles. The van der Waals surface area contributed by atoms with Crippen molar-refractivity contribution in [2.75, 3.05) is 11.4 Å². The van der Waals surface area contributed by atoms with Gasteiger partial charge in [0.2, 0.25) is 0 Å². The molecule has 106 valence electrons. The highest BCUT2D eigenvalue weighted by atomic mass is 79.9. The van der Waals surface area contributed by atoms with E-state index in [0.717, 1.165) is 23.1 Å². The molecule has 0 amide bonds. The molecule has 0 aliphatic heterocycles. The lowest BCUT2D eigenvalue weighted by Gasteiger charge is -2.25. The fraction of sp³-hybridized carbons (Fsp3) is 0.294. The van der Waals surface area contributed by atoms with Crippen LogP contribution in [0.25, 0.3) is 0 Å². The smallest absolute Gasteiger partial charge is 0.0431 e. The minimum atomic E-state index is 0.564. The first kappa shape index (κ1) is 15.1. The van der Waals surface area contributed by atoms with E-state index in [1.165, 1.54) is 16.8 Å². The van der Waals surface area contributed by atoms with E-state index in [9.17, 15) is 0 Å². The summed E-state index contributed by atoms with van der Waals surface area (Å²) in [6.07, 6.45) is 0. The molecule has 20 heavy (non-hydrogen) atoms. The monoisotopic (exact) mass is 332 g/mol. The van der Waals surface area contributed by atoms with Crippen LogP contribution >= 0.6 is 15.9 Å². The minimum Gasteiger partial charge on any atom is -0.367 e. The Kier molecular flexibility index (Phi) is 5.21. The Bertz CT molecular complexity index is 581. The first-order valence-corrected chi connectivity index (χ1v) is 7.72. The predicted octanol–water partition coefficient (Wildman–Crippen LogP) is 4.24. The maximum atomic E-state index is 5.77. The summed E-state index contributed by atoms with van der Waals surface area (Å²) in [6.45, 7) is 6.80. The van der Waals surface area contributed by atoms with Crippen LogP contribution in [0.3, 0.4) is 0 Å². The van der Waals surface area contributed by atoms with Crippen LogP contribution in [-0.4, -0.2) is 6.54 Å². The lowest BCUT2D eigenvalue weighted by Crippen LogP contribution is -2.22. The highest BCUT2D eigenvalue weighted by molar-refractivity contribution is 9.10. The van der Waals surface area contributed by atoms with Crippen molar-refractivity contribution in [2.24, 2.45) is 5.73 Å². The molecule has 0 radical (unpaired) electrons. The van der Waals surface area contributed by atoms with Crippen molar-refractivity contribution in [1.29, 1.82) is 0 Å². The molecule has 2 rings (SSSR count). The van der Waals surface area contributed by atoms with Crippen molar-refractivity contribution in [3.63, 3.8) is 0 Å². The third kappa shape index (κ3) is 3.62. The van der Waals surface area contributed by atoms with Crippen molar-refractivity contribution >= 4 is 21.6 Å². The van der Waals surface area contributed by atoms with Gasteiger partial charge in [0.15, 0.2) is 0 Å². The number of halogens is 1. The second kappa shape index (κ2) is 6.91. The van der Waals surface area contributed by atoms with Gasteiger partial charge in [0.05, 0.1) is 0 Å². The molecule has 0 aromatic heterocycles. The average molecular weight is 333 g/mol. The Morgan fingerprint density at radius 1 is 1.15 bits per heavy atom. The molecule has 0 bridgehead atoms. The van der Waals surface area contributed by atoms with Gasteiger partial charge >= 0.3 is 0 Å². The van der Waals surface area contributed by atoms with Crippen molar-refractivity contribution in [1.82, 2.24) is 0 Å². The number of aryl methyl sites for hydroxylation is 1. The molecule has 0 aliphatic carbocycles. The van der Waals surface area contributed by atoms with Gasteiger partial charge in [0.1, 0.15) is 0 Å². The summed E-state index contributed by atoms with van der Waals surface area (Å²) in [5.41, 5.74) is 10.8. The van der Waals surface area contributed by atoms with Crippen molar-refractivity contribution in [3.05, 3.63) is 63.6 Å². The summed E-state index contributed by atoms with van der Waals surface area (Å²) < 4.78 is 1.08. The summed E-state index contributed by atoms with van der Waals surface area (Å²) in [6, 6.07) is 14.9. The van der Waals surface area contributed by atoms with Crippen LogP contribution < -0.4 is 10.6 Å². The van der Waals surface area contributed by atoms with Crippen LogP contribution in [-0.2, 0) is 13.1 Å². The van der Waals surface area contributed by atoms with E-state index >= 15 is 0 Å². The average Bonchev–Trinajstić information content (AvgIpc) is 2.45. The molecule has 3 heteroatoms. The maximum absolute atomic E-state index is 5.77. The lowest BCUT2D eigenvalue weighted by atomic mass is 10.1. The van der Waals surface area contributed by atoms with Gasteiger partial charge < -0.3 is 10.6 Å². The Balaban J connectivity index is 2.28. The highest BCUT2D eigenvalue weighted by Gasteiger charge is 2.08. The fourth-order valence-electron chi connectivity index (χ4n) is 2.31. The molecular weight excluding hydrogens is 312 g/mol.